The summed E-state index contributed by atoms with van der Waals surface area (Å²) in [6.07, 6.45) is 5.11. The number of pyridine rings is 1. The third kappa shape index (κ3) is 3.96. The highest BCUT2D eigenvalue weighted by atomic mass is 16.5. The summed E-state index contributed by atoms with van der Waals surface area (Å²) < 4.78 is 6.00. The number of hydrogen-bond acceptors (Lipinski definition) is 5. The topological polar surface area (TPSA) is 74.7 Å². The highest BCUT2D eigenvalue weighted by Gasteiger charge is 2.47. The molecule has 1 aromatic carbocycles. The van der Waals surface area contributed by atoms with E-state index in [1.165, 1.54) is 0 Å². The normalized spacial score (nSPS) is 28.2. The fourth-order valence-electron chi connectivity index (χ4n) is 4.19. The number of carbonyl (C=O) groups is 1. The second kappa shape index (κ2) is 8.06. The van der Waals surface area contributed by atoms with E-state index < -0.39 is 6.10 Å². The first-order chi connectivity index (χ1) is 13.2. The van der Waals surface area contributed by atoms with Gasteiger partial charge in [0, 0.05) is 18.2 Å². The summed E-state index contributed by atoms with van der Waals surface area (Å²) in [5.74, 6) is 0.524. The Bertz CT molecular complexity index is 750. The predicted molar refractivity (Wildman–Crippen MR) is 102 cm³/mol. The van der Waals surface area contributed by atoms with Crippen molar-refractivity contribution in [2.45, 2.75) is 43.6 Å². The van der Waals surface area contributed by atoms with Crippen molar-refractivity contribution in [2.75, 3.05) is 13.1 Å². The molecule has 1 saturated heterocycles. The molecule has 1 amide bonds. The second-order valence-corrected chi connectivity index (χ2v) is 7.25. The largest absolute Gasteiger partial charge is 0.486 e. The Hall–Kier alpha value is -2.44. The minimum absolute atomic E-state index is 0.112. The quantitative estimate of drug-likeness (QED) is 0.844. The first kappa shape index (κ1) is 17.9. The van der Waals surface area contributed by atoms with Gasteiger partial charge in [0.05, 0.1) is 18.3 Å². The molecular weight excluding hydrogens is 342 g/mol. The number of nitrogens with zero attached hydrogens (tertiary/aromatic N) is 2. The van der Waals surface area contributed by atoms with Crippen molar-refractivity contribution < 1.29 is 14.6 Å². The standard InChI is InChI=1S/C21H25N3O3/c25-20-18(27-16-9-6-10-22-14-16)13-17(19(20)24-11-4-5-12-24)23-21(26)15-7-2-1-3-8-15/h1-3,6-10,14,17-20,25H,4-5,11-13H2,(H,23,26)/t17-,18-,19+,20+/m1/s1. The molecule has 0 bridgehead atoms. The van der Waals surface area contributed by atoms with Gasteiger partial charge in [-0.25, -0.2) is 0 Å². The van der Waals surface area contributed by atoms with Crippen LogP contribution in [0.2, 0.25) is 0 Å². The lowest BCUT2D eigenvalue weighted by Gasteiger charge is -2.32. The molecule has 142 valence electrons. The Labute approximate surface area is 159 Å². The third-order valence-corrected chi connectivity index (χ3v) is 5.47. The Kier molecular flexibility index (Phi) is 5.36. The summed E-state index contributed by atoms with van der Waals surface area (Å²) in [6, 6.07) is 12.5. The van der Waals surface area contributed by atoms with Gasteiger partial charge in [0.2, 0.25) is 0 Å². The zero-order chi connectivity index (χ0) is 18.6. The lowest BCUT2D eigenvalue weighted by molar-refractivity contribution is 0.0138. The van der Waals surface area contributed by atoms with Crippen LogP contribution in [0.4, 0.5) is 0 Å². The van der Waals surface area contributed by atoms with Crippen LogP contribution in [0.15, 0.2) is 54.9 Å². The molecule has 2 N–H and O–H groups in total. The first-order valence-corrected chi connectivity index (χ1v) is 9.57. The summed E-state index contributed by atoms with van der Waals surface area (Å²) in [7, 11) is 0. The molecule has 1 aliphatic carbocycles. The molecule has 6 heteroatoms. The van der Waals surface area contributed by atoms with Crippen LogP contribution in [0.25, 0.3) is 0 Å². The van der Waals surface area contributed by atoms with Crippen molar-refractivity contribution in [1.82, 2.24) is 15.2 Å². The van der Waals surface area contributed by atoms with Gasteiger partial charge in [0.1, 0.15) is 18.0 Å². The summed E-state index contributed by atoms with van der Waals surface area (Å²) in [6.45, 7) is 1.89. The molecule has 2 fully saturated rings. The fraction of sp³-hybridized carbons (Fsp3) is 0.429. The Balaban J connectivity index is 1.51. The number of aliphatic hydroxyl groups is 1. The van der Waals surface area contributed by atoms with Gasteiger partial charge in [-0.3, -0.25) is 14.7 Å². The van der Waals surface area contributed by atoms with E-state index in [2.05, 4.69) is 15.2 Å². The monoisotopic (exact) mass is 367 g/mol. The maximum absolute atomic E-state index is 12.7. The Morgan fingerprint density at radius 3 is 2.63 bits per heavy atom. The lowest BCUT2D eigenvalue weighted by atomic mass is 10.1. The van der Waals surface area contributed by atoms with E-state index in [0.29, 0.717) is 17.7 Å². The number of likely N-dealkylation sites (tertiary alicyclic amines) is 1. The van der Waals surface area contributed by atoms with Crippen molar-refractivity contribution in [3.05, 3.63) is 60.4 Å². The molecule has 2 aromatic rings. The number of aliphatic hydroxyl groups excluding tert-OH is 1. The third-order valence-electron chi connectivity index (χ3n) is 5.47. The van der Waals surface area contributed by atoms with Gasteiger partial charge in [0.25, 0.3) is 5.91 Å². The van der Waals surface area contributed by atoms with Gasteiger partial charge in [0.15, 0.2) is 0 Å². The number of benzene rings is 1. The van der Waals surface area contributed by atoms with Crippen LogP contribution in [0, 0.1) is 0 Å². The highest BCUT2D eigenvalue weighted by Crippen LogP contribution is 2.31. The number of nitrogens with one attached hydrogen (secondary N) is 1. The van der Waals surface area contributed by atoms with Gasteiger partial charge in [-0.15, -0.1) is 0 Å². The molecule has 27 heavy (non-hydrogen) atoms. The molecule has 1 aliphatic heterocycles. The number of carbonyl (C=O) groups excluding carboxylic acids is 1. The molecule has 2 heterocycles. The van der Waals surface area contributed by atoms with E-state index in [1.807, 2.05) is 30.3 Å². The minimum atomic E-state index is -0.663. The van der Waals surface area contributed by atoms with Crippen LogP contribution in [0.5, 0.6) is 5.75 Å². The molecule has 1 aromatic heterocycles. The van der Waals surface area contributed by atoms with Crippen molar-refractivity contribution >= 4 is 5.91 Å². The van der Waals surface area contributed by atoms with Gasteiger partial charge in [-0.1, -0.05) is 18.2 Å². The van der Waals surface area contributed by atoms with Gasteiger partial charge in [-0.2, -0.15) is 0 Å². The second-order valence-electron chi connectivity index (χ2n) is 7.25. The van der Waals surface area contributed by atoms with Crippen LogP contribution >= 0.6 is 0 Å². The maximum Gasteiger partial charge on any atom is 0.251 e. The van der Waals surface area contributed by atoms with E-state index in [0.717, 1.165) is 25.9 Å². The number of aromatic nitrogens is 1. The van der Waals surface area contributed by atoms with Crippen molar-refractivity contribution in [2.24, 2.45) is 0 Å². The summed E-state index contributed by atoms with van der Waals surface area (Å²) in [4.78, 5) is 19.0. The van der Waals surface area contributed by atoms with Gasteiger partial charge in [-0.05, 0) is 50.2 Å². The van der Waals surface area contributed by atoms with Crippen LogP contribution in [0.1, 0.15) is 29.6 Å². The maximum atomic E-state index is 12.7. The SMILES string of the molecule is O=C(N[C@@H]1C[C@@H](Oc2cccnc2)[C@H](O)[C@H]1N1CCCC1)c1ccccc1. The summed E-state index contributed by atoms with van der Waals surface area (Å²) >= 11 is 0. The zero-order valence-electron chi connectivity index (χ0n) is 15.2. The van der Waals surface area contributed by atoms with Crippen LogP contribution in [0.3, 0.4) is 0 Å². The zero-order valence-corrected chi connectivity index (χ0v) is 15.2. The van der Waals surface area contributed by atoms with E-state index in [9.17, 15) is 9.90 Å². The van der Waals surface area contributed by atoms with E-state index in [1.54, 1.807) is 24.5 Å². The number of ether oxygens (including phenoxy) is 1. The fourth-order valence-corrected chi connectivity index (χ4v) is 4.19. The lowest BCUT2D eigenvalue weighted by Crippen LogP contribution is -2.52. The molecule has 2 aliphatic rings. The van der Waals surface area contributed by atoms with Crippen molar-refractivity contribution in [3.63, 3.8) is 0 Å². The highest BCUT2D eigenvalue weighted by molar-refractivity contribution is 5.94. The van der Waals surface area contributed by atoms with E-state index in [4.69, 9.17) is 4.74 Å². The Morgan fingerprint density at radius 1 is 1.15 bits per heavy atom. The summed E-state index contributed by atoms with van der Waals surface area (Å²) in [5.41, 5.74) is 0.629. The molecule has 0 unspecified atom stereocenters. The predicted octanol–water partition coefficient (Wildman–Crippen LogP) is 1.86. The minimum Gasteiger partial charge on any atom is -0.486 e. The number of hydrogen-bond donors (Lipinski definition) is 2. The number of rotatable bonds is 5. The van der Waals surface area contributed by atoms with E-state index in [-0.39, 0.29) is 24.1 Å². The van der Waals surface area contributed by atoms with Crippen LogP contribution < -0.4 is 10.1 Å². The number of amides is 1. The van der Waals surface area contributed by atoms with Crippen LogP contribution in [-0.4, -0.2) is 58.3 Å². The van der Waals surface area contributed by atoms with Crippen LogP contribution in [-0.2, 0) is 0 Å². The molecule has 0 radical (unpaired) electrons. The summed E-state index contributed by atoms with van der Waals surface area (Å²) in [5, 5.41) is 14.1. The van der Waals surface area contributed by atoms with Gasteiger partial charge < -0.3 is 15.2 Å². The Morgan fingerprint density at radius 2 is 1.93 bits per heavy atom. The van der Waals surface area contributed by atoms with Crippen molar-refractivity contribution in [3.8, 4) is 5.75 Å². The smallest absolute Gasteiger partial charge is 0.251 e. The average Bonchev–Trinajstić information content (AvgIpc) is 3.32. The molecule has 4 atom stereocenters. The van der Waals surface area contributed by atoms with E-state index >= 15 is 0 Å². The molecule has 0 spiro atoms. The molecular formula is C21H25N3O3. The molecule has 1 saturated carbocycles. The first-order valence-electron chi connectivity index (χ1n) is 9.57. The molecule has 6 nitrogen and oxygen atoms in total. The average molecular weight is 367 g/mol. The molecule has 4 rings (SSSR count). The van der Waals surface area contributed by atoms with Crippen molar-refractivity contribution in [1.29, 1.82) is 0 Å². The van der Waals surface area contributed by atoms with Gasteiger partial charge >= 0.3 is 0 Å².